The highest BCUT2D eigenvalue weighted by atomic mass is 19.3. The number of carbonyl (C=O) groups is 1. The summed E-state index contributed by atoms with van der Waals surface area (Å²) in [6.07, 6.45) is 3.46. The molecule has 6 rings (SSSR count). The molecule has 0 N–H and O–H groups in total. The maximum absolute atomic E-state index is 14.4. The summed E-state index contributed by atoms with van der Waals surface area (Å²) in [5.41, 5.74) is 2.67. The number of fused-ring (bicyclic) bond motifs is 3. The molecule has 1 aromatic heterocycles. The van der Waals surface area contributed by atoms with Crippen LogP contribution in [0, 0.1) is 0 Å². The van der Waals surface area contributed by atoms with Crippen LogP contribution in [0.3, 0.4) is 0 Å². The van der Waals surface area contributed by atoms with E-state index in [4.69, 9.17) is 4.74 Å². The second-order valence-electron chi connectivity index (χ2n) is 11.8. The molecule has 206 valence electrons. The van der Waals surface area contributed by atoms with Crippen molar-refractivity contribution >= 4 is 17.4 Å². The van der Waals surface area contributed by atoms with Crippen LogP contribution in [0.5, 0.6) is 0 Å². The van der Waals surface area contributed by atoms with Crippen molar-refractivity contribution in [3.05, 3.63) is 41.6 Å². The molecule has 5 unspecified atom stereocenters. The number of alkyl halides is 2. The molecule has 3 saturated heterocycles. The Hall–Kier alpha value is -2.52. The minimum atomic E-state index is -2.61. The van der Waals surface area contributed by atoms with E-state index < -0.39 is 6.43 Å². The Morgan fingerprint density at radius 3 is 2.58 bits per heavy atom. The molecule has 3 fully saturated rings. The van der Waals surface area contributed by atoms with Gasteiger partial charge in [-0.1, -0.05) is 19.6 Å². The first-order valence-corrected chi connectivity index (χ1v) is 14.1. The number of rotatable bonds is 4. The van der Waals surface area contributed by atoms with Crippen molar-refractivity contribution in [1.82, 2.24) is 14.8 Å². The molecular weight excluding hydrogens is 488 g/mol. The number of halogens is 2. The summed E-state index contributed by atoms with van der Waals surface area (Å²) < 4.78 is 35.0. The van der Waals surface area contributed by atoms with Crippen LogP contribution in [-0.2, 0) is 9.53 Å². The van der Waals surface area contributed by atoms with Gasteiger partial charge in [0.2, 0.25) is 5.91 Å². The Morgan fingerprint density at radius 1 is 1.18 bits per heavy atom. The molecule has 5 aliphatic rings. The van der Waals surface area contributed by atoms with Gasteiger partial charge >= 0.3 is 0 Å². The fourth-order valence-electron chi connectivity index (χ4n) is 7.60. The van der Waals surface area contributed by atoms with Crippen LogP contribution >= 0.6 is 0 Å². The van der Waals surface area contributed by atoms with Crippen molar-refractivity contribution < 1.29 is 18.3 Å². The Balaban J connectivity index is 1.24. The van der Waals surface area contributed by atoms with Gasteiger partial charge in [-0.05, 0) is 44.3 Å². The average Bonchev–Trinajstić information content (AvgIpc) is 3.24. The lowest BCUT2D eigenvalue weighted by atomic mass is 9.77. The predicted molar refractivity (Wildman–Crippen MR) is 144 cm³/mol. The Morgan fingerprint density at radius 2 is 1.95 bits per heavy atom. The van der Waals surface area contributed by atoms with E-state index >= 15 is 0 Å². The van der Waals surface area contributed by atoms with E-state index in [0.29, 0.717) is 37.6 Å². The molecule has 0 aromatic carbocycles. The number of carbonyl (C=O) groups excluding carboxylic acids is 1. The molecule has 1 amide bonds. The Labute approximate surface area is 224 Å². The van der Waals surface area contributed by atoms with Gasteiger partial charge in [-0.25, -0.2) is 13.8 Å². The molecule has 0 saturated carbocycles. The zero-order valence-corrected chi connectivity index (χ0v) is 22.7. The molecule has 1 spiro atoms. The van der Waals surface area contributed by atoms with Crippen molar-refractivity contribution in [2.45, 2.75) is 76.1 Å². The highest BCUT2D eigenvalue weighted by Crippen LogP contribution is 2.49. The minimum absolute atomic E-state index is 0.0109. The molecule has 0 aliphatic carbocycles. The molecule has 1 aromatic rings. The topological polar surface area (TPSA) is 52.2 Å². The molecular formula is C29H39F2N5O2. The lowest BCUT2D eigenvalue weighted by Gasteiger charge is -2.58. The summed E-state index contributed by atoms with van der Waals surface area (Å²) in [5.74, 6) is 0.669. The SMILES string of the molecule is C=CC(=O)N1CCN(C2CN3c4cc(N5CCC6(CC5C)OCC=C6C)nc(C(F)F)c4C(C)CC23)CC1. The molecule has 0 bridgehead atoms. The molecule has 38 heavy (non-hydrogen) atoms. The van der Waals surface area contributed by atoms with Gasteiger partial charge in [-0.3, -0.25) is 9.69 Å². The monoisotopic (exact) mass is 527 g/mol. The van der Waals surface area contributed by atoms with E-state index in [1.54, 1.807) is 0 Å². The molecule has 5 aliphatic heterocycles. The molecule has 6 heterocycles. The van der Waals surface area contributed by atoms with Gasteiger partial charge in [0, 0.05) is 81.1 Å². The first kappa shape index (κ1) is 25.7. The van der Waals surface area contributed by atoms with Crippen LogP contribution in [0.15, 0.2) is 30.4 Å². The van der Waals surface area contributed by atoms with Gasteiger partial charge in [-0.2, -0.15) is 0 Å². The van der Waals surface area contributed by atoms with Gasteiger partial charge in [-0.15, -0.1) is 0 Å². The summed E-state index contributed by atoms with van der Waals surface area (Å²) in [5, 5.41) is 0. The predicted octanol–water partition coefficient (Wildman–Crippen LogP) is 4.12. The Kier molecular flexibility index (Phi) is 6.50. The zero-order chi connectivity index (χ0) is 26.8. The van der Waals surface area contributed by atoms with E-state index in [2.05, 4.69) is 59.2 Å². The molecule has 0 radical (unpaired) electrons. The van der Waals surface area contributed by atoms with E-state index in [9.17, 15) is 13.6 Å². The van der Waals surface area contributed by atoms with Gasteiger partial charge in [0.25, 0.3) is 6.43 Å². The average molecular weight is 528 g/mol. The molecule has 9 heteroatoms. The lowest BCUT2D eigenvalue weighted by molar-refractivity contribution is -0.128. The standard InChI is InChI=1S/C29H39F2N5O2/c1-5-25(37)34-11-9-33(10-12-34)23-17-36-21(23)14-18(2)26-22(36)15-24(32-27(26)28(30)31)35-8-7-29(16-20(35)4)19(3)6-13-38-29/h5-6,15,18,20-21,23,28H,1,7-14,16-17H2,2-4H3. The third-order valence-corrected chi connectivity index (χ3v) is 9.83. The zero-order valence-electron chi connectivity index (χ0n) is 22.7. The first-order chi connectivity index (χ1) is 18.2. The largest absolute Gasteiger partial charge is 0.366 e. The number of hydrogen-bond donors (Lipinski definition) is 0. The number of aromatic nitrogens is 1. The van der Waals surface area contributed by atoms with E-state index in [0.717, 1.165) is 56.7 Å². The van der Waals surface area contributed by atoms with Crippen LogP contribution in [0.25, 0.3) is 0 Å². The van der Waals surface area contributed by atoms with Crippen molar-refractivity contribution in [3.63, 3.8) is 0 Å². The van der Waals surface area contributed by atoms with Crippen molar-refractivity contribution in [1.29, 1.82) is 0 Å². The number of nitrogens with zero attached hydrogens (tertiary/aromatic N) is 5. The fourth-order valence-corrected chi connectivity index (χ4v) is 7.60. The van der Waals surface area contributed by atoms with E-state index in [-0.39, 0.29) is 29.2 Å². The summed E-state index contributed by atoms with van der Waals surface area (Å²) in [6, 6.07) is 2.88. The quantitative estimate of drug-likeness (QED) is 0.434. The normalized spacial score (nSPS) is 33.2. The van der Waals surface area contributed by atoms with E-state index in [1.165, 1.54) is 11.6 Å². The van der Waals surface area contributed by atoms with Gasteiger partial charge in [0.05, 0.1) is 12.2 Å². The Bertz CT molecular complexity index is 1150. The van der Waals surface area contributed by atoms with Gasteiger partial charge in [0.15, 0.2) is 0 Å². The number of pyridine rings is 1. The second-order valence-corrected chi connectivity index (χ2v) is 11.8. The minimum Gasteiger partial charge on any atom is -0.366 e. The maximum Gasteiger partial charge on any atom is 0.280 e. The molecule has 7 nitrogen and oxygen atoms in total. The summed E-state index contributed by atoms with van der Waals surface area (Å²) in [7, 11) is 0. The summed E-state index contributed by atoms with van der Waals surface area (Å²) in [4.78, 5) is 25.5. The first-order valence-electron chi connectivity index (χ1n) is 14.1. The third-order valence-electron chi connectivity index (χ3n) is 9.83. The van der Waals surface area contributed by atoms with Crippen LogP contribution < -0.4 is 9.80 Å². The number of piperidine rings is 1. The number of amides is 1. The lowest BCUT2D eigenvalue weighted by Crippen LogP contribution is -2.70. The summed E-state index contributed by atoms with van der Waals surface area (Å²) in [6.45, 7) is 15.3. The van der Waals surface area contributed by atoms with Crippen LogP contribution in [-0.4, -0.2) is 90.3 Å². The summed E-state index contributed by atoms with van der Waals surface area (Å²) >= 11 is 0. The fraction of sp³-hybridized carbons (Fsp3) is 0.655. The van der Waals surface area contributed by atoms with Crippen molar-refractivity contribution in [3.8, 4) is 0 Å². The highest BCUT2D eigenvalue weighted by molar-refractivity contribution is 5.87. The van der Waals surface area contributed by atoms with Crippen LogP contribution in [0.4, 0.5) is 20.3 Å². The molecule has 5 atom stereocenters. The number of piperazine rings is 1. The van der Waals surface area contributed by atoms with Gasteiger partial charge in [0.1, 0.15) is 11.5 Å². The maximum atomic E-state index is 14.4. The van der Waals surface area contributed by atoms with E-state index in [1.807, 2.05) is 4.90 Å². The van der Waals surface area contributed by atoms with Crippen LogP contribution in [0.2, 0.25) is 0 Å². The van der Waals surface area contributed by atoms with Crippen molar-refractivity contribution in [2.75, 3.05) is 55.7 Å². The number of hydrogen-bond acceptors (Lipinski definition) is 6. The number of anilines is 2. The van der Waals surface area contributed by atoms with Crippen LogP contribution in [0.1, 0.15) is 63.6 Å². The number of ether oxygens (including phenoxy) is 1. The second kappa shape index (κ2) is 9.59. The van der Waals surface area contributed by atoms with Gasteiger partial charge < -0.3 is 19.4 Å². The smallest absolute Gasteiger partial charge is 0.280 e. The third kappa shape index (κ3) is 4.04. The highest BCUT2D eigenvalue weighted by Gasteiger charge is 2.49. The van der Waals surface area contributed by atoms with Crippen molar-refractivity contribution in [2.24, 2.45) is 0 Å².